The number of primary amides is 1. The number of nitrogens with two attached hydrogens (primary N) is 1. The summed E-state index contributed by atoms with van der Waals surface area (Å²) in [6.45, 7) is 0. The molecule has 172 valence electrons. The molecule has 0 spiro atoms. The van der Waals surface area contributed by atoms with Gasteiger partial charge in [0.25, 0.3) is 0 Å². The number of carbonyl (C=O) groups is 2. The molecule has 5 aromatic rings. The van der Waals surface area contributed by atoms with Crippen LogP contribution in [-0.2, 0) is 16.0 Å². The predicted octanol–water partition coefficient (Wildman–Crippen LogP) is 5.50. The fourth-order valence-corrected chi connectivity index (χ4v) is 4.62. The molecule has 35 heavy (non-hydrogen) atoms. The lowest BCUT2D eigenvalue weighted by atomic mass is 10.0. The first kappa shape index (κ1) is 22.3. The highest BCUT2D eigenvalue weighted by Crippen LogP contribution is 2.26. The summed E-state index contributed by atoms with van der Waals surface area (Å²) < 4.78 is 0. The van der Waals surface area contributed by atoms with Crippen LogP contribution in [0.25, 0.3) is 33.1 Å². The molecule has 0 aliphatic heterocycles. The number of amides is 2. The Kier molecular flexibility index (Phi) is 6.24. The molecule has 7 heteroatoms. The number of aromatic nitrogens is 2. The molecular formula is C28H22N4O2S. The van der Waals surface area contributed by atoms with E-state index in [9.17, 15) is 9.59 Å². The molecule has 0 atom stereocenters. The minimum Gasteiger partial charge on any atom is -0.366 e. The number of carbonyl (C=O) groups excluding carboxylic acids is 2. The largest absolute Gasteiger partial charge is 0.366 e. The van der Waals surface area contributed by atoms with Gasteiger partial charge in [0.15, 0.2) is 0 Å². The van der Waals surface area contributed by atoms with Gasteiger partial charge in [-0.05, 0) is 46.3 Å². The zero-order valence-electron chi connectivity index (χ0n) is 18.7. The Hall–Kier alpha value is -4.49. The van der Waals surface area contributed by atoms with Crippen LogP contribution in [0.5, 0.6) is 0 Å². The predicted molar refractivity (Wildman–Crippen MR) is 142 cm³/mol. The fourth-order valence-electron chi connectivity index (χ4n) is 3.89. The number of hydrogen-bond donors (Lipinski definition) is 3. The maximum absolute atomic E-state index is 12.6. The van der Waals surface area contributed by atoms with Crippen LogP contribution in [0, 0.1) is 0 Å². The molecule has 0 aliphatic carbocycles. The number of aromatic amines is 1. The van der Waals surface area contributed by atoms with E-state index < -0.39 is 5.91 Å². The number of nitrogens with zero attached hydrogens (tertiary/aromatic N) is 1. The first-order valence-electron chi connectivity index (χ1n) is 11.0. The van der Waals surface area contributed by atoms with Crippen LogP contribution in [-0.4, -0.2) is 21.8 Å². The minimum absolute atomic E-state index is 0.146. The second kappa shape index (κ2) is 9.79. The van der Waals surface area contributed by atoms with Crippen LogP contribution in [0.1, 0.15) is 16.7 Å². The molecule has 5 rings (SSSR count). The van der Waals surface area contributed by atoms with Gasteiger partial charge in [-0.3, -0.25) is 9.59 Å². The van der Waals surface area contributed by atoms with E-state index in [1.807, 2.05) is 72.1 Å². The van der Waals surface area contributed by atoms with Gasteiger partial charge in [-0.25, -0.2) is 4.98 Å². The molecular weight excluding hydrogens is 456 g/mol. The lowest BCUT2D eigenvalue weighted by molar-refractivity contribution is -0.115. The van der Waals surface area contributed by atoms with Gasteiger partial charge in [0.2, 0.25) is 11.8 Å². The summed E-state index contributed by atoms with van der Waals surface area (Å²) in [7, 11) is 0. The second-order valence-electron chi connectivity index (χ2n) is 8.02. The fraction of sp³-hybridized carbons (Fsp3) is 0.0357. The molecule has 0 radical (unpaired) electrons. The standard InChI is InChI=1S/C28H22N4O2S/c29-27(34)23(19-5-2-1-3-6-19)16-21-17-30-28-22(21)12-13-25(32-28)31-26(33)15-18-8-10-20(11-9-18)24-7-4-14-35-24/h1-14,16-17H,15H2,(H2,29,34)(H2,30,31,32,33). The third kappa shape index (κ3) is 5.05. The summed E-state index contributed by atoms with van der Waals surface area (Å²) in [4.78, 5) is 33.5. The van der Waals surface area contributed by atoms with Crippen LogP contribution >= 0.6 is 11.3 Å². The van der Waals surface area contributed by atoms with Gasteiger partial charge in [-0.2, -0.15) is 0 Å². The highest BCUT2D eigenvalue weighted by atomic mass is 32.1. The molecule has 3 heterocycles. The lowest BCUT2D eigenvalue weighted by Crippen LogP contribution is -2.15. The molecule has 4 N–H and O–H groups in total. The van der Waals surface area contributed by atoms with Crippen molar-refractivity contribution in [2.45, 2.75) is 6.42 Å². The summed E-state index contributed by atoms with van der Waals surface area (Å²) in [5.74, 6) is -0.202. The zero-order valence-corrected chi connectivity index (χ0v) is 19.5. The highest BCUT2D eigenvalue weighted by Gasteiger charge is 2.12. The van der Waals surface area contributed by atoms with Crippen molar-refractivity contribution in [1.29, 1.82) is 0 Å². The number of pyridine rings is 1. The summed E-state index contributed by atoms with van der Waals surface area (Å²) in [6, 6.07) is 25.0. The summed E-state index contributed by atoms with van der Waals surface area (Å²) in [5, 5.41) is 5.73. The van der Waals surface area contributed by atoms with Crippen LogP contribution in [0.2, 0.25) is 0 Å². The number of fused-ring (bicyclic) bond motifs is 1. The number of thiophene rings is 1. The van der Waals surface area contributed by atoms with Crippen molar-refractivity contribution in [1.82, 2.24) is 9.97 Å². The van der Waals surface area contributed by atoms with Crippen LogP contribution in [0.15, 0.2) is 90.4 Å². The number of nitrogens with one attached hydrogen (secondary N) is 2. The van der Waals surface area contributed by atoms with E-state index >= 15 is 0 Å². The maximum atomic E-state index is 12.6. The molecule has 0 aliphatic rings. The monoisotopic (exact) mass is 478 g/mol. The Morgan fingerprint density at radius 1 is 0.971 bits per heavy atom. The quantitative estimate of drug-likeness (QED) is 0.269. The molecule has 0 saturated heterocycles. The molecule has 6 nitrogen and oxygen atoms in total. The molecule has 0 saturated carbocycles. The topological polar surface area (TPSA) is 101 Å². The zero-order chi connectivity index (χ0) is 24.2. The normalized spacial score (nSPS) is 11.5. The Morgan fingerprint density at radius 2 is 1.77 bits per heavy atom. The summed E-state index contributed by atoms with van der Waals surface area (Å²) >= 11 is 1.69. The second-order valence-corrected chi connectivity index (χ2v) is 8.97. The van der Waals surface area contributed by atoms with Crippen LogP contribution in [0.4, 0.5) is 5.82 Å². The van der Waals surface area contributed by atoms with Crippen molar-refractivity contribution in [3.63, 3.8) is 0 Å². The van der Waals surface area contributed by atoms with E-state index in [2.05, 4.69) is 21.4 Å². The van der Waals surface area contributed by atoms with Gasteiger partial charge in [-0.1, -0.05) is 60.7 Å². The van der Waals surface area contributed by atoms with Gasteiger partial charge < -0.3 is 16.0 Å². The number of anilines is 1. The van der Waals surface area contributed by atoms with E-state index in [0.29, 0.717) is 17.0 Å². The number of H-pyrrole nitrogens is 1. The maximum Gasteiger partial charge on any atom is 0.249 e. The molecule has 0 bridgehead atoms. The van der Waals surface area contributed by atoms with Gasteiger partial charge in [0.1, 0.15) is 11.5 Å². The first-order valence-corrected chi connectivity index (χ1v) is 11.9. The smallest absolute Gasteiger partial charge is 0.249 e. The molecule has 0 unspecified atom stereocenters. The molecule has 2 amide bonds. The van der Waals surface area contributed by atoms with E-state index in [-0.39, 0.29) is 12.3 Å². The Morgan fingerprint density at radius 3 is 2.49 bits per heavy atom. The van der Waals surface area contributed by atoms with Crippen molar-refractivity contribution in [2.75, 3.05) is 5.32 Å². The average molecular weight is 479 g/mol. The van der Waals surface area contributed by atoms with Crippen molar-refractivity contribution < 1.29 is 9.59 Å². The third-order valence-corrected chi connectivity index (χ3v) is 6.53. The Labute approximate surface area is 206 Å². The summed E-state index contributed by atoms with van der Waals surface area (Å²) in [5.41, 5.74) is 10.2. The van der Waals surface area contributed by atoms with Crippen molar-refractivity contribution >= 4 is 51.7 Å². The van der Waals surface area contributed by atoms with Crippen molar-refractivity contribution in [3.8, 4) is 10.4 Å². The number of rotatable bonds is 7. The van der Waals surface area contributed by atoms with Crippen LogP contribution in [0.3, 0.4) is 0 Å². The molecule has 3 aromatic heterocycles. The number of hydrogen-bond acceptors (Lipinski definition) is 4. The van der Waals surface area contributed by atoms with Gasteiger partial charge in [-0.15, -0.1) is 11.3 Å². The molecule has 2 aromatic carbocycles. The SMILES string of the molecule is NC(=O)C(=Cc1c[nH]c2nc(NC(=O)Cc3ccc(-c4cccs4)cc3)ccc12)c1ccccc1. The minimum atomic E-state index is -0.509. The van der Waals surface area contributed by atoms with E-state index in [4.69, 9.17) is 5.73 Å². The van der Waals surface area contributed by atoms with Gasteiger partial charge in [0.05, 0.1) is 6.42 Å². The lowest BCUT2D eigenvalue weighted by Gasteiger charge is -2.06. The van der Waals surface area contributed by atoms with Gasteiger partial charge in [0, 0.05) is 27.6 Å². The Balaban J connectivity index is 1.31. The van der Waals surface area contributed by atoms with E-state index in [0.717, 1.165) is 27.6 Å². The van der Waals surface area contributed by atoms with Gasteiger partial charge >= 0.3 is 0 Å². The average Bonchev–Trinajstić information content (AvgIpc) is 3.54. The highest BCUT2D eigenvalue weighted by molar-refractivity contribution is 7.13. The van der Waals surface area contributed by atoms with Crippen LogP contribution < -0.4 is 11.1 Å². The number of benzene rings is 2. The van der Waals surface area contributed by atoms with Crippen molar-refractivity contribution in [3.05, 3.63) is 107 Å². The Bertz CT molecular complexity index is 1520. The summed E-state index contributed by atoms with van der Waals surface area (Å²) in [6.07, 6.45) is 3.77. The van der Waals surface area contributed by atoms with E-state index in [1.165, 1.54) is 4.88 Å². The van der Waals surface area contributed by atoms with Crippen molar-refractivity contribution in [2.24, 2.45) is 5.73 Å². The molecule has 0 fully saturated rings. The third-order valence-electron chi connectivity index (χ3n) is 5.61. The van der Waals surface area contributed by atoms with E-state index in [1.54, 1.807) is 29.7 Å². The first-order chi connectivity index (χ1) is 17.1.